The van der Waals surface area contributed by atoms with Crippen LogP contribution in [0.2, 0.25) is 0 Å². The van der Waals surface area contributed by atoms with Crippen LogP contribution in [0.5, 0.6) is 0 Å². The molecule has 3 aromatic rings. The van der Waals surface area contributed by atoms with Gasteiger partial charge in [-0.25, -0.2) is 19.3 Å². The van der Waals surface area contributed by atoms with Gasteiger partial charge in [-0.15, -0.1) is 0 Å². The molecule has 0 aliphatic carbocycles. The number of nitrogens with zero attached hydrogens (tertiary/aromatic N) is 3. The summed E-state index contributed by atoms with van der Waals surface area (Å²) in [5, 5.41) is 2.93. The van der Waals surface area contributed by atoms with Gasteiger partial charge in [0.2, 0.25) is 12.2 Å². The molecule has 1 aliphatic rings. The number of halogens is 1. The van der Waals surface area contributed by atoms with Gasteiger partial charge in [0.1, 0.15) is 5.82 Å². The molecule has 0 radical (unpaired) electrons. The topological polar surface area (TPSA) is 85.0 Å². The normalized spacial score (nSPS) is 16.9. The fraction of sp³-hybridized carbons (Fsp3) is 0.350. The van der Waals surface area contributed by atoms with E-state index in [0.29, 0.717) is 42.1 Å². The Morgan fingerprint density at radius 2 is 1.82 bits per heavy atom. The molecular formula is C20H22FN5O2. The number of rotatable bonds is 4. The molecule has 2 aromatic heterocycles. The first-order chi connectivity index (χ1) is 13.4. The van der Waals surface area contributed by atoms with Crippen LogP contribution < -0.4 is 5.32 Å². The Morgan fingerprint density at radius 3 is 2.50 bits per heavy atom. The van der Waals surface area contributed by atoms with Gasteiger partial charge in [0.15, 0.2) is 5.82 Å². The predicted octanol–water partition coefficient (Wildman–Crippen LogP) is 3.79. The van der Waals surface area contributed by atoms with Crippen LogP contribution >= 0.6 is 0 Å². The number of hydrogen-bond acceptors (Lipinski definition) is 6. The van der Waals surface area contributed by atoms with E-state index in [9.17, 15) is 4.39 Å². The molecule has 0 unspecified atom stereocenters. The van der Waals surface area contributed by atoms with Gasteiger partial charge >= 0.3 is 0 Å². The average molecular weight is 383 g/mol. The van der Waals surface area contributed by atoms with Crippen molar-refractivity contribution in [2.45, 2.75) is 20.1 Å². The van der Waals surface area contributed by atoms with Crippen molar-refractivity contribution in [1.82, 2.24) is 19.9 Å². The molecule has 0 spiro atoms. The fourth-order valence-electron chi connectivity index (χ4n) is 2.97. The molecule has 2 N–H and O–H groups in total. The van der Waals surface area contributed by atoms with E-state index in [2.05, 4.69) is 34.1 Å². The first-order valence-electron chi connectivity index (χ1n) is 9.05. The Balaban J connectivity index is 1.76. The number of H-pyrrole nitrogens is 1. The second-order valence-corrected chi connectivity index (χ2v) is 7.49. The standard InChI is InChI=1S/C20H22FN5O2/c1-20(2)10-27-18(28-11-20)17-25-15(12-4-6-13(21)7-5-12)16(26-17)14-8-9-23-19(22-3)24-14/h4-9,18H,10-11H2,1-3H3,(H,25,26)(H,22,23,24). The predicted molar refractivity (Wildman–Crippen MR) is 103 cm³/mol. The minimum absolute atomic E-state index is 0.0416. The Labute approximate surface area is 162 Å². The highest BCUT2D eigenvalue weighted by atomic mass is 19.1. The molecule has 3 heterocycles. The van der Waals surface area contributed by atoms with E-state index in [-0.39, 0.29) is 11.2 Å². The second kappa shape index (κ2) is 7.29. The number of ether oxygens (including phenoxy) is 2. The molecule has 0 bridgehead atoms. The number of benzene rings is 1. The SMILES string of the molecule is CNc1nccc(-c2[nH]c(C3OCC(C)(C)CO3)nc2-c2ccc(F)cc2)n1. The summed E-state index contributed by atoms with van der Waals surface area (Å²) in [4.78, 5) is 16.6. The molecule has 1 aliphatic heterocycles. The molecule has 0 saturated carbocycles. The van der Waals surface area contributed by atoms with Crippen LogP contribution in [0.4, 0.5) is 10.3 Å². The number of hydrogen-bond donors (Lipinski definition) is 2. The van der Waals surface area contributed by atoms with Crippen LogP contribution in [0.25, 0.3) is 22.6 Å². The van der Waals surface area contributed by atoms with Crippen LogP contribution in [0.3, 0.4) is 0 Å². The molecular weight excluding hydrogens is 361 g/mol. The van der Waals surface area contributed by atoms with Crippen molar-refractivity contribution in [1.29, 1.82) is 0 Å². The van der Waals surface area contributed by atoms with E-state index in [4.69, 9.17) is 14.5 Å². The van der Waals surface area contributed by atoms with E-state index < -0.39 is 6.29 Å². The number of imidazole rings is 1. The molecule has 1 saturated heterocycles. The number of aromatic nitrogens is 4. The highest BCUT2D eigenvalue weighted by molar-refractivity contribution is 5.77. The van der Waals surface area contributed by atoms with Gasteiger partial charge in [-0.05, 0) is 30.3 Å². The zero-order chi connectivity index (χ0) is 19.7. The van der Waals surface area contributed by atoms with Crippen molar-refractivity contribution < 1.29 is 13.9 Å². The van der Waals surface area contributed by atoms with Crippen LogP contribution in [0.15, 0.2) is 36.5 Å². The van der Waals surface area contributed by atoms with E-state index in [1.165, 1.54) is 12.1 Å². The Morgan fingerprint density at radius 1 is 1.11 bits per heavy atom. The Bertz CT molecular complexity index is 961. The van der Waals surface area contributed by atoms with Gasteiger partial charge in [0.25, 0.3) is 0 Å². The first-order valence-corrected chi connectivity index (χ1v) is 9.05. The lowest BCUT2D eigenvalue weighted by Crippen LogP contribution is -2.34. The smallest absolute Gasteiger partial charge is 0.222 e. The van der Waals surface area contributed by atoms with Crippen LogP contribution in [0.1, 0.15) is 26.0 Å². The van der Waals surface area contributed by atoms with E-state index in [1.807, 2.05) is 0 Å². The molecule has 1 aromatic carbocycles. The van der Waals surface area contributed by atoms with Gasteiger partial charge in [0.05, 0.1) is 30.3 Å². The summed E-state index contributed by atoms with van der Waals surface area (Å²) in [6.45, 7) is 5.30. The average Bonchev–Trinajstić information content (AvgIpc) is 3.14. The van der Waals surface area contributed by atoms with Gasteiger partial charge in [-0.3, -0.25) is 0 Å². The quantitative estimate of drug-likeness (QED) is 0.713. The summed E-state index contributed by atoms with van der Waals surface area (Å²) < 4.78 is 25.1. The lowest BCUT2D eigenvalue weighted by atomic mass is 9.96. The molecule has 8 heteroatoms. The molecule has 4 rings (SSSR count). The lowest BCUT2D eigenvalue weighted by Gasteiger charge is -2.33. The summed E-state index contributed by atoms with van der Waals surface area (Å²) in [5.74, 6) is 0.738. The summed E-state index contributed by atoms with van der Waals surface area (Å²) in [5.41, 5.74) is 2.72. The zero-order valence-electron chi connectivity index (χ0n) is 16.0. The minimum Gasteiger partial charge on any atom is -0.357 e. The summed E-state index contributed by atoms with van der Waals surface area (Å²) in [7, 11) is 1.75. The number of nitrogens with one attached hydrogen (secondary N) is 2. The van der Waals surface area contributed by atoms with Gasteiger partial charge in [-0.1, -0.05) is 13.8 Å². The maximum Gasteiger partial charge on any atom is 0.222 e. The van der Waals surface area contributed by atoms with Gasteiger partial charge in [0, 0.05) is 24.2 Å². The van der Waals surface area contributed by atoms with Crippen molar-refractivity contribution in [3.63, 3.8) is 0 Å². The largest absolute Gasteiger partial charge is 0.357 e. The molecule has 146 valence electrons. The second-order valence-electron chi connectivity index (χ2n) is 7.49. The first kappa shape index (κ1) is 18.5. The van der Waals surface area contributed by atoms with Crippen LogP contribution in [0, 0.1) is 11.2 Å². The van der Waals surface area contributed by atoms with Crippen molar-refractivity contribution in [2.75, 3.05) is 25.6 Å². The third kappa shape index (κ3) is 3.74. The van der Waals surface area contributed by atoms with Gasteiger partial charge in [-0.2, -0.15) is 0 Å². The van der Waals surface area contributed by atoms with Crippen molar-refractivity contribution in [3.05, 3.63) is 48.2 Å². The van der Waals surface area contributed by atoms with Crippen molar-refractivity contribution >= 4 is 5.95 Å². The third-order valence-electron chi connectivity index (χ3n) is 4.45. The number of aromatic amines is 1. The summed E-state index contributed by atoms with van der Waals surface area (Å²) in [6.07, 6.45) is 1.07. The van der Waals surface area contributed by atoms with Gasteiger partial charge < -0.3 is 19.8 Å². The zero-order valence-corrected chi connectivity index (χ0v) is 16.0. The monoisotopic (exact) mass is 383 g/mol. The maximum absolute atomic E-state index is 13.4. The highest BCUT2D eigenvalue weighted by Gasteiger charge is 2.31. The van der Waals surface area contributed by atoms with Crippen molar-refractivity contribution in [2.24, 2.45) is 5.41 Å². The Kier molecular flexibility index (Phi) is 4.82. The molecule has 28 heavy (non-hydrogen) atoms. The summed E-state index contributed by atoms with van der Waals surface area (Å²) in [6, 6.07) is 7.97. The molecule has 0 amide bonds. The van der Waals surface area contributed by atoms with Crippen LogP contribution in [-0.4, -0.2) is 40.2 Å². The molecule has 7 nitrogen and oxygen atoms in total. The summed E-state index contributed by atoms with van der Waals surface area (Å²) >= 11 is 0. The lowest BCUT2D eigenvalue weighted by molar-refractivity contribution is -0.229. The Hall–Kier alpha value is -2.84. The van der Waals surface area contributed by atoms with E-state index >= 15 is 0 Å². The molecule has 0 atom stereocenters. The minimum atomic E-state index is -0.591. The fourth-order valence-corrected chi connectivity index (χ4v) is 2.97. The maximum atomic E-state index is 13.4. The number of anilines is 1. The van der Waals surface area contributed by atoms with Crippen LogP contribution in [-0.2, 0) is 9.47 Å². The molecule has 1 fully saturated rings. The van der Waals surface area contributed by atoms with E-state index in [1.54, 1.807) is 31.4 Å². The van der Waals surface area contributed by atoms with E-state index in [0.717, 1.165) is 5.56 Å². The third-order valence-corrected chi connectivity index (χ3v) is 4.45. The highest BCUT2D eigenvalue weighted by Crippen LogP contribution is 2.35. The van der Waals surface area contributed by atoms with Crippen molar-refractivity contribution in [3.8, 4) is 22.6 Å².